The maximum absolute atomic E-state index is 13.4. The Hall–Kier alpha value is -1.66. The zero-order chi connectivity index (χ0) is 14.9. The summed E-state index contributed by atoms with van der Waals surface area (Å²) in [5.41, 5.74) is 0.610. The number of nitrogens with one attached hydrogen (secondary N) is 3. The Morgan fingerprint density at radius 1 is 1.38 bits per heavy atom. The number of amides is 2. The fourth-order valence-corrected chi connectivity index (χ4v) is 2.20. The number of benzene rings is 1. The molecule has 0 bridgehead atoms. The Kier molecular flexibility index (Phi) is 6.43. The smallest absolute Gasteiger partial charge is 0.314 e. The minimum atomic E-state index is -0.235. The molecule has 21 heavy (non-hydrogen) atoms. The Bertz CT molecular complexity index is 448. The first kappa shape index (κ1) is 15.7. The summed E-state index contributed by atoms with van der Waals surface area (Å²) >= 11 is 0. The molecule has 2 rings (SSSR count). The Morgan fingerprint density at radius 3 is 3.10 bits per heavy atom. The zero-order valence-electron chi connectivity index (χ0n) is 12.0. The van der Waals surface area contributed by atoms with Gasteiger partial charge in [-0.15, -0.1) is 0 Å². The minimum Gasteiger partial charge on any atom is -0.380 e. The summed E-state index contributed by atoms with van der Waals surface area (Å²) in [4.78, 5) is 11.7. The highest BCUT2D eigenvalue weighted by Crippen LogP contribution is 2.06. The van der Waals surface area contributed by atoms with Crippen molar-refractivity contribution >= 4 is 6.03 Å². The van der Waals surface area contributed by atoms with Crippen molar-refractivity contribution in [3.05, 3.63) is 35.6 Å². The van der Waals surface area contributed by atoms with E-state index in [-0.39, 0.29) is 17.8 Å². The molecule has 1 saturated heterocycles. The molecule has 116 valence electrons. The quantitative estimate of drug-likeness (QED) is 0.756. The first-order chi connectivity index (χ1) is 10.3. The van der Waals surface area contributed by atoms with E-state index in [1.807, 2.05) is 0 Å². The summed E-state index contributed by atoms with van der Waals surface area (Å²) in [5.74, 6) is 0.0474. The molecule has 0 spiro atoms. The third kappa shape index (κ3) is 5.69. The van der Waals surface area contributed by atoms with Gasteiger partial charge in [-0.1, -0.05) is 18.2 Å². The number of halogens is 1. The third-order valence-corrected chi connectivity index (χ3v) is 3.40. The Balaban J connectivity index is 1.62. The number of hydrogen-bond donors (Lipinski definition) is 3. The van der Waals surface area contributed by atoms with Crippen LogP contribution in [-0.2, 0) is 11.2 Å². The Labute approximate surface area is 124 Å². The second-order valence-corrected chi connectivity index (χ2v) is 5.12. The van der Waals surface area contributed by atoms with E-state index in [2.05, 4.69) is 16.0 Å². The normalized spacial score (nSPS) is 18.8. The van der Waals surface area contributed by atoms with Gasteiger partial charge >= 0.3 is 6.03 Å². The molecule has 1 aromatic rings. The molecule has 2 amide bonds. The second-order valence-electron chi connectivity index (χ2n) is 5.12. The van der Waals surface area contributed by atoms with Crippen molar-refractivity contribution in [2.24, 2.45) is 5.92 Å². The van der Waals surface area contributed by atoms with E-state index in [0.29, 0.717) is 38.3 Å². The van der Waals surface area contributed by atoms with Crippen molar-refractivity contribution in [2.45, 2.75) is 6.42 Å². The number of carbonyl (C=O) groups is 1. The fourth-order valence-electron chi connectivity index (χ4n) is 2.20. The van der Waals surface area contributed by atoms with Crippen LogP contribution in [0.25, 0.3) is 0 Å². The first-order valence-corrected chi connectivity index (χ1v) is 7.29. The maximum atomic E-state index is 13.4. The lowest BCUT2D eigenvalue weighted by Crippen LogP contribution is -2.41. The summed E-state index contributed by atoms with van der Waals surface area (Å²) in [6.07, 6.45) is 0.480. The van der Waals surface area contributed by atoms with E-state index in [0.717, 1.165) is 13.1 Å². The van der Waals surface area contributed by atoms with Gasteiger partial charge in [0.05, 0.1) is 13.2 Å². The molecule has 6 heteroatoms. The third-order valence-electron chi connectivity index (χ3n) is 3.40. The average molecular weight is 295 g/mol. The van der Waals surface area contributed by atoms with Gasteiger partial charge in [-0.05, 0) is 18.1 Å². The van der Waals surface area contributed by atoms with Gasteiger partial charge in [0.2, 0.25) is 0 Å². The van der Waals surface area contributed by atoms with Gasteiger partial charge in [-0.2, -0.15) is 0 Å². The van der Waals surface area contributed by atoms with Crippen molar-refractivity contribution in [2.75, 3.05) is 39.4 Å². The predicted molar refractivity (Wildman–Crippen MR) is 78.7 cm³/mol. The van der Waals surface area contributed by atoms with E-state index >= 15 is 0 Å². The van der Waals surface area contributed by atoms with E-state index in [9.17, 15) is 9.18 Å². The molecule has 0 aromatic heterocycles. The van der Waals surface area contributed by atoms with E-state index in [1.165, 1.54) is 6.07 Å². The summed E-state index contributed by atoms with van der Waals surface area (Å²) < 4.78 is 18.8. The molecule has 1 aliphatic heterocycles. The van der Waals surface area contributed by atoms with Crippen LogP contribution in [0.2, 0.25) is 0 Å². The lowest BCUT2D eigenvalue weighted by atomic mass is 10.1. The number of hydrogen-bond acceptors (Lipinski definition) is 3. The highest BCUT2D eigenvalue weighted by molar-refractivity contribution is 5.73. The van der Waals surface area contributed by atoms with Gasteiger partial charge in [0.15, 0.2) is 0 Å². The van der Waals surface area contributed by atoms with E-state index in [4.69, 9.17) is 4.74 Å². The van der Waals surface area contributed by atoms with Crippen LogP contribution in [0, 0.1) is 11.7 Å². The highest BCUT2D eigenvalue weighted by Gasteiger charge is 2.13. The molecule has 0 saturated carbocycles. The molecule has 1 aliphatic rings. The molecule has 1 fully saturated rings. The first-order valence-electron chi connectivity index (χ1n) is 7.29. The van der Waals surface area contributed by atoms with Crippen LogP contribution in [0.3, 0.4) is 0 Å². The number of urea groups is 1. The zero-order valence-corrected chi connectivity index (χ0v) is 12.0. The van der Waals surface area contributed by atoms with Gasteiger partial charge in [-0.3, -0.25) is 0 Å². The van der Waals surface area contributed by atoms with Crippen molar-refractivity contribution in [1.29, 1.82) is 0 Å². The number of rotatable bonds is 5. The summed E-state index contributed by atoms with van der Waals surface area (Å²) in [6.45, 7) is 4.04. The van der Waals surface area contributed by atoms with Crippen molar-refractivity contribution < 1.29 is 13.9 Å². The van der Waals surface area contributed by atoms with Crippen LogP contribution in [0.5, 0.6) is 0 Å². The summed E-state index contributed by atoms with van der Waals surface area (Å²) in [6, 6.07) is 6.37. The molecule has 5 nitrogen and oxygen atoms in total. The monoisotopic (exact) mass is 295 g/mol. The molecular formula is C15H22FN3O2. The lowest BCUT2D eigenvalue weighted by molar-refractivity contribution is 0.123. The van der Waals surface area contributed by atoms with Crippen LogP contribution in [0.15, 0.2) is 24.3 Å². The van der Waals surface area contributed by atoms with Gasteiger partial charge in [0.25, 0.3) is 0 Å². The number of carbonyl (C=O) groups excluding carboxylic acids is 1. The molecule has 1 aromatic carbocycles. The molecule has 3 N–H and O–H groups in total. The largest absolute Gasteiger partial charge is 0.380 e. The lowest BCUT2D eigenvalue weighted by Gasteiger charge is -2.15. The van der Waals surface area contributed by atoms with Gasteiger partial charge in [0, 0.05) is 32.1 Å². The van der Waals surface area contributed by atoms with Gasteiger partial charge in [-0.25, -0.2) is 9.18 Å². The molecular weight excluding hydrogens is 273 g/mol. The fraction of sp³-hybridized carbons (Fsp3) is 0.533. The van der Waals surface area contributed by atoms with Gasteiger partial charge < -0.3 is 20.7 Å². The SMILES string of the molecule is O=C(NCCc1ccccc1F)NC[C@@H]1CNCCOC1. The molecule has 0 radical (unpaired) electrons. The number of ether oxygens (including phenoxy) is 1. The predicted octanol–water partition coefficient (Wildman–Crippen LogP) is 0.903. The van der Waals surface area contributed by atoms with Gasteiger partial charge in [0.1, 0.15) is 5.82 Å². The summed E-state index contributed by atoms with van der Waals surface area (Å²) in [5, 5.41) is 8.81. The van der Waals surface area contributed by atoms with Crippen LogP contribution < -0.4 is 16.0 Å². The van der Waals surface area contributed by atoms with E-state index < -0.39 is 0 Å². The van der Waals surface area contributed by atoms with Crippen LogP contribution in [-0.4, -0.2) is 45.4 Å². The maximum Gasteiger partial charge on any atom is 0.314 e. The molecule has 0 aliphatic carbocycles. The van der Waals surface area contributed by atoms with Crippen LogP contribution in [0.4, 0.5) is 9.18 Å². The Morgan fingerprint density at radius 2 is 2.24 bits per heavy atom. The summed E-state index contributed by atoms with van der Waals surface area (Å²) in [7, 11) is 0. The highest BCUT2D eigenvalue weighted by atomic mass is 19.1. The van der Waals surface area contributed by atoms with E-state index in [1.54, 1.807) is 18.2 Å². The minimum absolute atomic E-state index is 0.226. The van der Waals surface area contributed by atoms with Crippen molar-refractivity contribution in [1.82, 2.24) is 16.0 Å². The van der Waals surface area contributed by atoms with Crippen LogP contribution in [0.1, 0.15) is 5.56 Å². The second kappa shape index (κ2) is 8.59. The topological polar surface area (TPSA) is 62.4 Å². The van der Waals surface area contributed by atoms with Crippen molar-refractivity contribution in [3.63, 3.8) is 0 Å². The molecule has 1 atom stereocenters. The van der Waals surface area contributed by atoms with Crippen LogP contribution >= 0.6 is 0 Å². The van der Waals surface area contributed by atoms with Crippen molar-refractivity contribution in [3.8, 4) is 0 Å². The molecule has 1 heterocycles. The average Bonchev–Trinajstić information content (AvgIpc) is 2.76. The standard InChI is InChI=1S/C15H22FN3O2/c16-14-4-2-1-3-13(14)5-6-18-15(20)19-10-12-9-17-7-8-21-11-12/h1-4,12,17H,5-11H2,(H2,18,19,20)/t12-/m0/s1. The molecule has 0 unspecified atom stereocenters.